The number of carbonyl (C=O) groups excluding carboxylic acids is 4. The average molecular weight is 839 g/mol. The van der Waals surface area contributed by atoms with Crippen LogP contribution in [0.1, 0.15) is 110 Å². The number of hydrogen-bond donors (Lipinski definition) is 1. The summed E-state index contributed by atoms with van der Waals surface area (Å²) in [5, 5.41) is 10.9. The molecule has 16 heteroatoms. The number of Topliss-reactive ketones (excluding diaryl/α,β-unsaturated/α-hetero) is 2. The summed E-state index contributed by atoms with van der Waals surface area (Å²) in [6, 6.07) is 0. The molecule has 0 unspecified atom stereocenters. The maximum Gasteiger partial charge on any atom is 0.308 e. The normalized spacial score (nSPS) is 23.8. The number of fused-ring (bicyclic) bond motifs is 8. The first-order valence-corrected chi connectivity index (χ1v) is 20.7. The van der Waals surface area contributed by atoms with Gasteiger partial charge in [0.05, 0.1) is 24.7 Å². The standard InChI is InChI=1S/C44H62N4O12/c1-27-13-9-10-17-40-45-33(24-57-40)43-47-34(25-59-43)44-46-32(23-58-44)42(56-8)30(4)35(51)15-11-14-31(50)21-41(53)60-39(27)22-38(55-7)28(2)18-19-36(52)29(3)37(54-6)16-12-20-48(5)26-49/h10,12,17,20,23-31,37-39,42,50H,9,11,13-16,18-19,21-22H2,1-8H3/b17-10+,20-12+/t27-,28+,29+,30-,31+,37-,38+,39-,42-/m1/s1. The van der Waals surface area contributed by atoms with Crippen LogP contribution < -0.4 is 0 Å². The third-order valence-corrected chi connectivity index (χ3v) is 11.3. The summed E-state index contributed by atoms with van der Waals surface area (Å²) in [4.78, 5) is 65.6. The van der Waals surface area contributed by atoms with Crippen LogP contribution in [0.25, 0.3) is 29.2 Å². The zero-order chi connectivity index (χ0) is 43.8. The number of allylic oxidation sites excluding steroid dienone is 1. The molecule has 0 radical (unpaired) electrons. The number of carbonyl (C=O) groups is 4. The van der Waals surface area contributed by atoms with E-state index in [0.29, 0.717) is 74.3 Å². The number of amides is 1. The predicted octanol–water partition coefficient (Wildman–Crippen LogP) is 7.19. The van der Waals surface area contributed by atoms with Gasteiger partial charge in [-0.2, -0.15) is 0 Å². The van der Waals surface area contributed by atoms with Crippen molar-refractivity contribution >= 4 is 30.0 Å². The Morgan fingerprint density at radius 3 is 2.40 bits per heavy atom. The third kappa shape index (κ3) is 13.9. The fourth-order valence-corrected chi connectivity index (χ4v) is 7.29. The molecule has 6 bridgehead atoms. The number of cyclic esters (lactones) is 1. The quantitative estimate of drug-likeness (QED) is 0.119. The molecule has 1 aliphatic rings. The number of aliphatic hydroxyl groups is 1. The average Bonchev–Trinajstić information content (AvgIpc) is 4.03. The Labute approximate surface area is 352 Å². The maximum atomic E-state index is 13.4. The number of aliphatic hydroxyl groups excluding tert-OH is 1. The van der Waals surface area contributed by atoms with E-state index in [1.807, 2.05) is 26.8 Å². The van der Waals surface area contributed by atoms with Crippen LogP contribution >= 0.6 is 0 Å². The first kappa shape index (κ1) is 47.9. The Hall–Kier alpha value is -4.77. The summed E-state index contributed by atoms with van der Waals surface area (Å²) in [5.74, 6) is -0.952. The van der Waals surface area contributed by atoms with Gasteiger partial charge in [-0.1, -0.05) is 39.8 Å². The van der Waals surface area contributed by atoms with Crippen LogP contribution in [0.5, 0.6) is 0 Å². The lowest BCUT2D eigenvalue weighted by atomic mass is 9.86. The van der Waals surface area contributed by atoms with Crippen LogP contribution in [-0.4, -0.2) is 102 Å². The molecule has 0 saturated carbocycles. The minimum absolute atomic E-state index is 0.0559. The van der Waals surface area contributed by atoms with Crippen molar-refractivity contribution in [3.8, 4) is 23.2 Å². The Morgan fingerprint density at radius 1 is 0.983 bits per heavy atom. The van der Waals surface area contributed by atoms with Gasteiger partial charge in [0.1, 0.15) is 48.3 Å². The third-order valence-electron chi connectivity index (χ3n) is 11.3. The lowest BCUT2D eigenvalue weighted by Gasteiger charge is -2.31. The smallest absolute Gasteiger partial charge is 0.308 e. The molecule has 1 amide bonds. The predicted molar refractivity (Wildman–Crippen MR) is 220 cm³/mol. The van der Waals surface area contributed by atoms with Crippen molar-refractivity contribution in [1.29, 1.82) is 0 Å². The molecule has 3 aromatic heterocycles. The topological polar surface area (TPSA) is 207 Å². The molecule has 9 atom stereocenters. The van der Waals surface area contributed by atoms with Gasteiger partial charge in [-0.25, -0.2) is 15.0 Å². The summed E-state index contributed by atoms with van der Waals surface area (Å²) in [7, 11) is 6.30. The highest BCUT2D eigenvalue weighted by Crippen LogP contribution is 2.32. The van der Waals surface area contributed by atoms with Crippen LogP contribution in [0.15, 0.2) is 50.4 Å². The van der Waals surface area contributed by atoms with Crippen molar-refractivity contribution < 1.29 is 56.5 Å². The van der Waals surface area contributed by atoms with Crippen molar-refractivity contribution in [2.24, 2.45) is 23.7 Å². The van der Waals surface area contributed by atoms with Crippen LogP contribution in [0.4, 0.5) is 0 Å². The van der Waals surface area contributed by atoms with Gasteiger partial charge in [0.25, 0.3) is 0 Å². The summed E-state index contributed by atoms with van der Waals surface area (Å²) in [5.41, 5.74) is 1.12. The SMILES string of the molecule is CO[C@@H](C[C@H]1OC(=O)C[C@@H](O)CCCC(=O)[C@@H](C)[C@@H](OC)c2coc(n2)-c2coc(n2)-c2coc(n2)/C=C/CC[C@H]1C)[C@@H](C)CCC(=O)[C@H](C)[C@@H](C/C=C/N(C)C=O)OC. The van der Waals surface area contributed by atoms with E-state index in [4.69, 9.17) is 32.2 Å². The molecule has 4 rings (SSSR count). The van der Waals surface area contributed by atoms with Crippen molar-refractivity contribution in [2.75, 3.05) is 28.4 Å². The molecule has 0 aromatic carbocycles. The second-order valence-electron chi connectivity index (χ2n) is 15.8. The molecule has 0 saturated heterocycles. The van der Waals surface area contributed by atoms with Gasteiger partial charge in [-0.3, -0.25) is 19.2 Å². The number of nitrogens with zero attached hydrogens (tertiary/aromatic N) is 4. The molecule has 3 aromatic rings. The lowest BCUT2D eigenvalue weighted by molar-refractivity contribution is -0.156. The number of rotatable bonds is 15. The molecule has 330 valence electrons. The molecular weight excluding hydrogens is 776 g/mol. The Balaban J connectivity index is 1.47. The fourth-order valence-electron chi connectivity index (χ4n) is 7.29. The second-order valence-corrected chi connectivity index (χ2v) is 15.8. The number of methoxy groups -OCH3 is 3. The van der Waals surface area contributed by atoms with E-state index in [9.17, 15) is 24.3 Å². The minimum Gasteiger partial charge on any atom is -0.462 e. The van der Waals surface area contributed by atoms with Crippen molar-refractivity contribution in [3.63, 3.8) is 0 Å². The summed E-state index contributed by atoms with van der Waals surface area (Å²) in [6.45, 7) is 7.62. The van der Waals surface area contributed by atoms with E-state index < -0.39 is 30.2 Å². The monoisotopic (exact) mass is 838 g/mol. The summed E-state index contributed by atoms with van der Waals surface area (Å²) >= 11 is 0. The van der Waals surface area contributed by atoms with Crippen LogP contribution in [-0.2, 0) is 38.1 Å². The van der Waals surface area contributed by atoms with Gasteiger partial charge >= 0.3 is 5.97 Å². The zero-order valence-electron chi connectivity index (χ0n) is 36.1. The molecule has 0 fully saturated rings. The Morgan fingerprint density at radius 2 is 1.68 bits per heavy atom. The molecule has 4 heterocycles. The number of oxazole rings is 3. The zero-order valence-corrected chi connectivity index (χ0v) is 36.1. The molecule has 60 heavy (non-hydrogen) atoms. The number of esters is 1. The molecular formula is C44H62N4O12. The van der Waals surface area contributed by atoms with Crippen LogP contribution in [0, 0.1) is 23.7 Å². The number of hydrogen-bond acceptors (Lipinski definition) is 15. The van der Waals surface area contributed by atoms with Gasteiger partial charge in [0.15, 0.2) is 11.4 Å². The van der Waals surface area contributed by atoms with Crippen molar-refractivity contribution in [2.45, 2.75) is 122 Å². The van der Waals surface area contributed by atoms with Gasteiger partial charge < -0.3 is 42.2 Å². The molecule has 1 N–H and O–H groups in total. The van der Waals surface area contributed by atoms with Crippen molar-refractivity contribution in [1.82, 2.24) is 19.9 Å². The summed E-state index contributed by atoms with van der Waals surface area (Å²) < 4.78 is 40.3. The first-order valence-electron chi connectivity index (χ1n) is 20.7. The highest BCUT2D eigenvalue weighted by atomic mass is 16.5. The van der Waals surface area contributed by atoms with E-state index in [0.717, 1.165) is 0 Å². The fraction of sp³-hybridized carbons (Fsp3) is 0.614. The Kier molecular flexibility index (Phi) is 19.1. The van der Waals surface area contributed by atoms with E-state index in [1.54, 1.807) is 46.5 Å². The first-order chi connectivity index (χ1) is 28.8. The van der Waals surface area contributed by atoms with E-state index in [-0.39, 0.29) is 72.6 Å². The maximum absolute atomic E-state index is 13.4. The van der Waals surface area contributed by atoms with E-state index in [2.05, 4.69) is 15.0 Å². The van der Waals surface area contributed by atoms with E-state index >= 15 is 0 Å². The van der Waals surface area contributed by atoms with Crippen LogP contribution in [0.2, 0.25) is 0 Å². The number of aromatic nitrogens is 3. The Bertz CT molecular complexity index is 1870. The minimum atomic E-state index is -1.01. The number of ether oxygens (including phenoxy) is 4. The largest absolute Gasteiger partial charge is 0.462 e. The lowest BCUT2D eigenvalue weighted by Crippen LogP contribution is -2.34. The van der Waals surface area contributed by atoms with Gasteiger partial charge in [-0.05, 0) is 56.4 Å². The molecule has 0 aliphatic carbocycles. The highest BCUT2D eigenvalue weighted by molar-refractivity contribution is 5.81. The molecule has 16 nitrogen and oxygen atoms in total. The summed E-state index contributed by atoms with van der Waals surface area (Å²) in [6.07, 6.45) is 12.6. The van der Waals surface area contributed by atoms with Crippen molar-refractivity contribution in [3.05, 3.63) is 48.7 Å². The molecule has 0 spiro atoms. The second kappa shape index (κ2) is 23.9. The van der Waals surface area contributed by atoms with Gasteiger partial charge in [0, 0.05) is 65.7 Å². The highest BCUT2D eigenvalue weighted by Gasteiger charge is 2.32. The van der Waals surface area contributed by atoms with Crippen LogP contribution in [0.3, 0.4) is 0 Å². The molecule has 1 aliphatic heterocycles. The van der Waals surface area contributed by atoms with E-state index in [1.165, 1.54) is 30.8 Å². The van der Waals surface area contributed by atoms with Gasteiger partial charge in [-0.15, -0.1) is 0 Å². The number of ketones is 2. The van der Waals surface area contributed by atoms with Gasteiger partial charge in [0.2, 0.25) is 24.1 Å².